The first-order valence-corrected chi connectivity index (χ1v) is 14.5. The minimum absolute atomic E-state index is 0.0814. The van der Waals surface area contributed by atoms with Gasteiger partial charge in [0.05, 0.1) is 11.4 Å². The molecule has 3 heterocycles. The van der Waals surface area contributed by atoms with E-state index < -0.39 is 11.6 Å². The number of rotatable bonds is 8. The molecular formula is C34H40N2O5. The summed E-state index contributed by atoms with van der Waals surface area (Å²) >= 11 is 0. The topological polar surface area (TPSA) is 90.7 Å². The predicted molar refractivity (Wildman–Crippen MR) is 160 cm³/mol. The number of carboxylic acids is 1. The highest BCUT2D eigenvalue weighted by Crippen LogP contribution is 2.36. The fraction of sp³-hybridized carbons (Fsp3) is 0.441. The van der Waals surface area contributed by atoms with Gasteiger partial charge in [-0.15, -0.1) is 0 Å². The predicted octanol–water partition coefficient (Wildman–Crippen LogP) is 6.72. The number of hydrogen-bond donors (Lipinski definition) is 1. The molecule has 2 aromatic carbocycles. The Morgan fingerprint density at radius 3 is 2.41 bits per heavy atom. The molecule has 41 heavy (non-hydrogen) atoms. The summed E-state index contributed by atoms with van der Waals surface area (Å²) in [5.41, 5.74) is 6.50. The van der Waals surface area contributed by atoms with Crippen molar-refractivity contribution in [1.82, 2.24) is 9.55 Å². The molecule has 5 rings (SSSR count). The third kappa shape index (κ3) is 6.15. The van der Waals surface area contributed by atoms with Crippen LogP contribution in [0.3, 0.4) is 0 Å². The van der Waals surface area contributed by atoms with Gasteiger partial charge in [0.2, 0.25) is 0 Å². The van der Waals surface area contributed by atoms with Crippen molar-refractivity contribution in [2.45, 2.75) is 78.4 Å². The molecule has 0 unspecified atom stereocenters. The summed E-state index contributed by atoms with van der Waals surface area (Å²) in [7, 11) is 0. The molecule has 1 aliphatic heterocycles. The summed E-state index contributed by atoms with van der Waals surface area (Å²) in [6.45, 7) is 11.7. The molecule has 7 nitrogen and oxygen atoms in total. The lowest BCUT2D eigenvalue weighted by atomic mass is 9.81. The molecule has 0 bridgehead atoms. The number of ether oxygens (including phenoxy) is 2. The zero-order chi connectivity index (χ0) is 29.3. The number of carbonyl (C=O) groups is 2. The Morgan fingerprint density at radius 2 is 1.76 bits per heavy atom. The van der Waals surface area contributed by atoms with Crippen molar-refractivity contribution in [3.63, 3.8) is 0 Å². The van der Waals surface area contributed by atoms with Gasteiger partial charge >= 0.3 is 11.9 Å². The molecule has 1 atom stereocenters. The molecule has 0 radical (unpaired) electrons. The van der Waals surface area contributed by atoms with Crippen molar-refractivity contribution in [3.05, 3.63) is 76.5 Å². The van der Waals surface area contributed by atoms with Crippen molar-refractivity contribution in [2.24, 2.45) is 5.92 Å². The van der Waals surface area contributed by atoms with E-state index in [9.17, 15) is 14.7 Å². The lowest BCUT2D eigenvalue weighted by Gasteiger charge is -2.31. The molecule has 1 saturated heterocycles. The van der Waals surface area contributed by atoms with Crippen LogP contribution < -0.4 is 0 Å². The SMILES string of the molecule is Cc1nc2c(c(C)c1CCC(=O)O)c1ccccc1n2Cc1ccc([C@@H](C(=O)OC(C)(C)C)C2CCOCC2)cc1. The molecule has 0 aliphatic carbocycles. The van der Waals surface area contributed by atoms with Crippen LogP contribution >= 0.6 is 0 Å². The van der Waals surface area contributed by atoms with Crippen LogP contribution in [0.5, 0.6) is 0 Å². The van der Waals surface area contributed by atoms with Crippen molar-refractivity contribution >= 4 is 33.9 Å². The second kappa shape index (κ2) is 11.6. The van der Waals surface area contributed by atoms with E-state index in [1.165, 1.54) is 0 Å². The molecule has 0 spiro atoms. The highest BCUT2D eigenvalue weighted by molar-refractivity contribution is 6.08. The minimum atomic E-state index is -0.805. The monoisotopic (exact) mass is 556 g/mol. The second-order valence-corrected chi connectivity index (χ2v) is 12.2. The molecule has 0 amide bonds. The van der Waals surface area contributed by atoms with Crippen LogP contribution in [0.15, 0.2) is 48.5 Å². The Labute approximate surface area is 241 Å². The quantitative estimate of drug-likeness (QED) is 0.242. The highest BCUT2D eigenvalue weighted by Gasteiger charge is 2.34. The van der Waals surface area contributed by atoms with Gasteiger partial charge in [0, 0.05) is 42.6 Å². The number of esters is 1. The smallest absolute Gasteiger partial charge is 0.314 e. The maximum atomic E-state index is 13.4. The Morgan fingerprint density at radius 1 is 1.07 bits per heavy atom. The second-order valence-electron chi connectivity index (χ2n) is 12.2. The lowest BCUT2D eigenvalue weighted by Crippen LogP contribution is -2.33. The van der Waals surface area contributed by atoms with Crippen LogP contribution in [0.1, 0.15) is 73.9 Å². The number of aryl methyl sites for hydroxylation is 2. The fourth-order valence-electron chi connectivity index (χ4n) is 6.21. The van der Waals surface area contributed by atoms with Gasteiger partial charge in [-0.1, -0.05) is 42.5 Å². The van der Waals surface area contributed by atoms with Crippen LogP contribution in [0, 0.1) is 19.8 Å². The zero-order valence-electron chi connectivity index (χ0n) is 24.7. The third-order valence-electron chi connectivity index (χ3n) is 8.15. The summed E-state index contributed by atoms with van der Waals surface area (Å²) in [5, 5.41) is 11.5. The molecule has 4 aromatic rings. The maximum Gasteiger partial charge on any atom is 0.314 e. The lowest BCUT2D eigenvalue weighted by molar-refractivity contribution is -0.159. The number of nitrogens with zero attached hydrogens (tertiary/aromatic N) is 2. The number of carbonyl (C=O) groups excluding carboxylic acids is 1. The van der Waals surface area contributed by atoms with E-state index in [-0.39, 0.29) is 24.2 Å². The van der Waals surface area contributed by atoms with E-state index in [1.54, 1.807) is 0 Å². The van der Waals surface area contributed by atoms with Crippen molar-refractivity contribution < 1.29 is 24.2 Å². The fourth-order valence-corrected chi connectivity index (χ4v) is 6.21. The van der Waals surface area contributed by atoms with Crippen LogP contribution in [0.25, 0.3) is 21.9 Å². The number of aliphatic carboxylic acids is 1. The number of benzene rings is 2. The Bertz CT molecular complexity index is 1570. The Balaban J connectivity index is 1.50. The van der Waals surface area contributed by atoms with Crippen molar-refractivity contribution in [1.29, 1.82) is 0 Å². The highest BCUT2D eigenvalue weighted by atomic mass is 16.6. The van der Waals surface area contributed by atoms with E-state index >= 15 is 0 Å². The number of carboxylic acid groups (broad SMARTS) is 1. The van der Waals surface area contributed by atoms with Crippen molar-refractivity contribution in [3.8, 4) is 0 Å². The molecule has 0 saturated carbocycles. The summed E-state index contributed by atoms with van der Waals surface area (Å²) in [4.78, 5) is 29.6. The first-order chi connectivity index (χ1) is 19.5. The number of fused-ring (bicyclic) bond motifs is 3. The third-order valence-corrected chi connectivity index (χ3v) is 8.15. The number of hydrogen-bond acceptors (Lipinski definition) is 5. The van der Waals surface area contributed by atoms with E-state index in [0.717, 1.165) is 62.7 Å². The number of aromatic nitrogens is 2. The molecule has 216 valence electrons. The van der Waals surface area contributed by atoms with E-state index in [2.05, 4.69) is 47.9 Å². The van der Waals surface area contributed by atoms with E-state index in [1.807, 2.05) is 39.8 Å². The molecule has 1 aliphatic rings. The van der Waals surface area contributed by atoms with Gasteiger partial charge in [-0.05, 0) is 88.1 Å². The van der Waals surface area contributed by atoms with Gasteiger partial charge in [0.1, 0.15) is 11.2 Å². The largest absolute Gasteiger partial charge is 0.481 e. The minimum Gasteiger partial charge on any atom is -0.481 e. The summed E-state index contributed by atoms with van der Waals surface area (Å²) in [6, 6.07) is 16.6. The van der Waals surface area contributed by atoms with E-state index in [4.69, 9.17) is 14.5 Å². The molecule has 2 aromatic heterocycles. The number of para-hydroxylation sites is 1. The zero-order valence-corrected chi connectivity index (χ0v) is 24.7. The van der Waals surface area contributed by atoms with Gasteiger partial charge in [-0.3, -0.25) is 9.59 Å². The average molecular weight is 557 g/mol. The Hall–Kier alpha value is -3.71. The van der Waals surface area contributed by atoms with Crippen LogP contribution in [-0.2, 0) is 32.0 Å². The van der Waals surface area contributed by atoms with Gasteiger partial charge < -0.3 is 19.1 Å². The standard InChI is InChI=1S/C34H40N2O5/c1-21-26(14-15-29(37)38)22(2)35-32-30(21)27-8-6-7-9-28(27)36(32)20-23-10-12-24(13-11-23)31(25-16-18-40-19-17-25)33(39)41-34(3,4)5/h6-13,25,31H,14-20H2,1-5H3,(H,37,38)/t31-/m1/s1. The van der Waals surface area contributed by atoms with Crippen LogP contribution in [0.4, 0.5) is 0 Å². The van der Waals surface area contributed by atoms with Gasteiger partial charge in [-0.25, -0.2) is 4.98 Å². The molecule has 1 N–H and O–H groups in total. The van der Waals surface area contributed by atoms with Gasteiger partial charge in [0.15, 0.2) is 0 Å². The Kier molecular flexibility index (Phi) is 8.18. The van der Waals surface area contributed by atoms with Gasteiger partial charge in [0.25, 0.3) is 0 Å². The molecular weight excluding hydrogens is 516 g/mol. The molecule has 7 heteroatoms. The first-order valence-electron chi connectivity index (χ1n) is 14.5. The molecule has 1 fully saturated rings. The average Bonchev–Trinajstić information content (AvgIpc) is 3.22. The van der Waals surface area contributed by atoms with Gasteiger partial charge in [-0.2, -0.15) is 0 Å². The van der Waals surface area contributed by atoms with Crippen LogP contribution in [0.2, 0.25) is 0 Å². The summed E-state index contributed by atoms with van der Waals surface area (Å²) < 4.78 is 13.7. The van der Waals surface area contributed by atoms with Crippen LogP contribution in [-0.4, -0.2) is 45.4 Å². The normalized spacial score (nSPS) is 15.3. The maximum absolute atomic E-state index is 13.4. The van der Waals surface area contributed by atoms with Crippen molar-refractivity contribution in [2.75, 3.05) is 13.2 Å². The summed E-state index contributed by atoms with van der Waals surface area (Å²) in [5.74, 6) is -1.11. The van der Waals surface area contributed by atoms with E-state index in [0.29, 0.717) is 26.2 Å². The first kappa shape index (κ1) is 28.8. The summed E-state index contributed by atoms with van der Waals surface area (Å²) in [6.07, 6.45) is 2.22. The number of pyridine rings is 1.